The zero-order chi connectivity index (χ0) is 21.8. The Morgan fingerprint density at radius 1 is 1.13 bits per heavy atom. The number of carbonyl (C=O) groups is 2. The monoisotopic (exact) mass is 428 g/mol. The van der Waals surface area contributed by atoms with Gasteiger partial charge < -0.3 is 10.5 Å². The van der Waals surface area contributed by atoms with Gasteiger partial charge in [-0.3, -0.25) is 18.7 Å². The lowest BCUT2D eigenvalue weighted by Crippen LogP contribution is -2.43. The van der Waals surface area contributed by atoms with Crippen molar-refractivity contribution in [2.24, 2.45) is 7.05 Å². The third-order valence-electron chi connectivity index (χ3n) is 4.34. The van der Waals surface area contributed by atoms with Crippen LogP contribution in [-0.2, 0) is 18.3 Å². The first-order valence-corrected chi connectivity index (χ1v) is 9.12. The average Bonchev–Trinajstić information content (AvgIpc) is 2.75. The minimum atomic E-state index is -0.865. The topological polar surface area (TPSA) is 126 Å². The highest BCUT2D eigenvalue weighted by Gasteiger charge is 2.23. The number of carbonyl (C=O) groups excluding carboxylic acids is 2. The van der Waals surface area contributed by atoms with Gasteiger partial charge in [-0.15, -0.1) is 0 Å². The van der Waals surface area contributed by atoms with E-state index in [0.717, 1.165) is 14.7 Å². The summed E-state index contributed by atoms with van der Waals surface area (Å²) in [6.45, 7) is -0.666. The van der Waals surface area contributed by atoms with E-state index < -0.39 is 35.2 Å². The molecule has 0 fully saturated rings. The molecule has 0 spiro atoms. The van der Waals surface area contributed by atoms with Crippen molar-refractivity contribution in [2.75, 3.05) is 12.3 Å². The van der Waals surface area contributed by atoms with Crippen LogP contribution in [-0.4, -0.2) is 32.5 Å². The van der Waals surface area contributed by atoms with Gasteiger partial charge in [0.2, 0.25) is 5.78 Å². The molecule has 2 aromatic heterocycles. The van der Waals surface area contributed by atoms with E-state index in [-0.39, 0.29) is 23.1 Å². The summed E-state index contributed by atoms with van der Waals surface area (Å²) in [4.78, 5) is 53.4. The van der Waals surface area contributed by atoms with Crippen LogP contribution in [0.15, 0.2) is 58.3 Å². The smallest absolute Gasteiger partial charge is 0.340 e. The maximum atomic E-state index is 12.6. The zero-order valence-electron chi connectivity index (χ0n) is 15.9. The largest absolute Gasteiger partial charge is 0.454 e. The lowest BCUT2D eigenvalue weighted by molar-refractivity contribution is 0.0473. The Morgan fingerprint density at radius 3 is 2.47 bits per heavy atom. The van der Waals surface area contributed by atoms with Gasteiger partial charge in [-0.1, -0.05) is 41.9 Å². The number of esters is 1. The van der Waals surface area contributed by atoms with E-state index in [0.29, 0.717) is 0 Å². The van der Waals surface area contributed by atoms with Gasteiger partial charge in [0, 0.05) is 13.2 Å². The Labute approximate surface area is 175 Å². The van der Waals surface area contributed by atoms with Gasteiger partial charge in [0.1, 0.15) is 16.5 Å². The van der Waals surface area contributed by atoms with Gasteiger partial charge in [0.25, 0.3) is 5.56 Å². The fraction of sp³-hybridized carbons (Fsp3) is 0.150. The van der Waals surface area contributed by atoms with Gasteiger partial charge in [0.05, 0.1) is 12.1 Å². The minimum absolute atomic E-state index is 0.0656. The molecule has 0 saturated carbocycles. The number of ether oxygens (including phenoxy) is 1. The molecule has 0 bridgehead atoms. The molecule has 0 unspecified atom stereocenters. The quantitative estimate of drug-likeness (QED) is 0.356. The first-order valence-electron chi connectivity index (χ1n) is 8.74. The predicted octanol–water partition coefficient (Wildman–Crippen LogP) is 1.27. The number of ketones is 1. The molecule has 9 nitrogen and oxygen atoms in total. The van der Waals surface area contributed by atoms with Crippen molar-refractivity contribution < 1.29 is 14.3 Å². The van der Waals surface area contributed by atoms with Crippen LogP contribution in [0.25, 0.3) is 0 Å². The van der Waals surface area contributed by atoms with Gasteiger partial charge in [-0.2, -0.15) is 0 Å². The van der Waals surface area contributed by atoms with E-state index >= 15 is 0 Å². The van der Waals surface area contributed by atoms with Crippen LogP contribution in [0.5, 0.6) is 0 Å². The Morgan fingerprint density at radius 2 is 1.83 bits per heavy atom. The third-order valence-corrected chi connectivity index (χ3v) is 4.57. The van der Waals surface area contributed by atoms with Crippen molar-refractivity contribution >= 4 is 29.2 Å². The fourth-order valence-electron chi connectivity index (χ4n) is 2.75. The van der Waals surface area contributed by atoms with E-state index in [1.54, 1.807) is 24.3 Å². The summed E-state index contributed by atoms with van der Waals surface area (Å²) in [5.74, 6) is -1.94. The first kappa shape index (κ1) is 21.0. The number of hydrogen-bond acceptors (Lipinski definition) is 7. The Bertz CT molecular complexity index is 1220. The molecule has 2 N–H and O–H groups in total. The molecule has 0 radical (unpaired) electrons. The number of anilines is 1. The van der Waals surface area contributed by atoms with E-state index in [4.69, 9.17) is 22.1 Å². The van der Waals surface area contributed by atoms with Gasteiger partial charge in [0.15, 0.2) is 6.61 Å². The number of halogens is 1. The number of nitrogen functional groups attached to an aromatic ring is 1. The fourth-order valence-corrected chi connectivity index (χ4v) is 2.86. The predicted molar refractivity (Wildman–Crippen MR) is 110 cm³/mol. The van der Waals surface area contributed by atoms with Crippen molar-refractivity contribution in [1.82, 2.24) is 14.1 Å². The second kappa shape index (κ2) is 8.75. The van der Waals surface area contributed by atoms with Crippen molar-refractivity contribution in [3.63, 3.8) is 0 Å². The molecule has 0 saturated heterocycles. The Kier molecular flexibility index (Phi) is 6.12. The maximum absolute atomic E-state index is 12.6. The number of benzene rings is 1. The number of aromatic nitrogens is 3. The SMILES string of the molecule is Cn1c(=O)c(C(=O)COC(=O)c2ccc(Cl)nc2)c(N)n(Cc2ccccc2)c1=O. The molecular formula is C20H17ClN4O5. The Hall–Kier alpha value is -3.72. The summed E-state index contributed by atoms with van der Waals surface area (Å²) in [6.07, 6.45) is 1.20. The molecule has 10 heteroatoms. The standard InChI is InChI=1S/C20H17ClN4O5/c1-24-18(27)16(14(26)11-30-19(28)13-7-8-15(21)23-9-13)17(22)25(20(24)29)10-12-5-3-2-4-6-12/h2-9H,10-11,22H2,1H3. The normalized spacial score (nSPS) is 10.6. The summed E-state index contributed by atoms with van der Waals surface area (Å²) >= 11 is 5.66. The van der Waals surface area contributed by atoms with Gasteiger partial charge in [-0.05, 0) is 17.7 Å². The molecule has 0 aliphatic carbocycles. The second-order valence-electron chi connectivity index (χ2n) is 6.35. The number of rotatable bonds is 6. The van der Waals surface area contributed by atoms with Crippen LogP contribution in [0.1, 0.15) is 26.3 Å². The summed E-state index contributed by atoms with van der Waals surface area (Å²) < 4.78 is 6.87. The van der Waals surface area contributed by atoms with E-state index in [2.05, 4.69) is 4.98 Å². The van der Waals surface area contributed by atoms with Gasteiger partial charge >= 0.3 is 11.7 Å². The molecule has 0 amide bonds. The summed E-state index contributed by atoms with van der Waals surface area (Å²) in [5, 5.41) is 0.194. The molecule has 0 aliphatic rings. The third kappa shape index (κ3) is 4.31. The van der Waals surface area contributed by atoms with Gasteiger partial charge in [-0.25, -0.2) is 14.6 Å². The van der Waals surface area contributed by atoms with Crippen LogP contribution in [0.3, 0.4) is 0 Å². The molecule has 0 atom stereocenters. The molecule has 3 rings (SSSR count). The molecular weight excluding hydrogens is 412 g/mol. The number of pyridine rings is 1. The number of Topliss-reactive ketones (excluding diaryl/α,β-unsaturated/α-hetero) is 1. The van der Waals surface area contributed by atoms with Crippen molar-refractivity contribution in [3.8, 4) is 0 Å². The molecule has 0 aliphatic heterocycles. The second-order valence-corrected chi connectivity index (χ2v) is 6.73. The van der Waals surface area contributed by atoms with Crippen LogP contribution >= 0.6 is 11.6 Å². The van der Waals surface area contributed by atoms with Crippen LogP contribution < -0.4 is 17.0 Å². The lowest BCUT2D eigenvalue weighted by Gasteiger charge is -2.14. The van der Waals surface area contributed by atoms with Crippen LogP contribution in [0.4, 0.5) is 5.82 Å². The van der Waals surface area contributed by atoms with Crippen LogP contribution in [0.2, 0.25) is 5.15 Å². The molecule has 30 heavy (non-hydrogen) atoms. The summed E-state index contributed by atoms with van der Waals surface area (Å²) in [6, 6.07) is 11.7. The van der Waals surface area contributed by atoms with Crippen LogP contribution in [0, 0.1) is 0 Å². The minimum Gasteiger partial charge on any atom is -0.454 e. The van der Waals surface area contributed by atoms with Crippen molar-refractivity contribution in [2.45, 2.75) is 6.54 Å². The average molecular weight is 429 g/mol. The number of hydrogen-bond donors (Lipinski definition) is 1. The number of nitrogens with two attached hydrogens (primary N) is 1. The highest BCUT2D eigenvalue weighted by atomic mass is 35.5. The zero-order valence-corrected chi connectivity index (χ0v) is 16.6. The van der Waals surface area contributed by atoms with Crippen molar-refractivity contribution in [1.29, 1.82) is 0 Å². The summed E-state index contributed by atoms with van der Waals surface area (Å²) in [7, 11) is 1.24. The molecule has 3 aromatic rings. The summed E-state index contributed by atoms with van der Waals surface area (Å²) in [5.41, 5.74) is 4.89. The number of nitrogens with zero attached hydrogens (tertiary/aromatic N) is 3. The highest BCUT2D eigenvalue weighted by molar-refractivity contribution is 6.29. The van der Waals surface area contributed by atoms with E-state index in [9.17, 15) is 19.2 Å². The lowest BCUT2D eigenvalue weighted by atomic mass is 10.2. The van der Waals surface area contributed by atoms with E-state index in [1.807, 2.05) is 6.07 Å². The first-order chi connectivity index (χ1) is 14.3. The maximum Gasteiger partial charge on any atom is 0.340 e. The van der Waals surface area contributed by atoms with Crippen molar-refractivity contribution in [3.05, 3.63) is 91.3 Å². The molecule has 2 heterocycles. The molecule has 1 aromatic carbocycles. The highest BCUT2D eigenvalue weighted by Crippen LogP contribution is 2.11. The van der Waals surface area contributed by atoms with E-state index in [1.165, 1.54) is 25.4 Å². The molecule has 154 valence electrons. The Balaban J connectivity index is 1.88.